The van der Waals surface area contributed by atoms with Crippen molar-refractivity contribution < 1.29 is 4.74 Å². The first-order valence-corrected chi connectivity index (χ1v) is 5.49. The minimum absolute atomic E-state index is 0.262. The van der Waals surface area contributed by atoms with Crippen LogP contribution >= 0.6 is 0 Å². The molecule has 2 N–H and O–H groups in total. The summed E-state index contributed by atoms with van der Waals surface area (Å²) in [6.45, 7) is 9.67. The molecule has 1 atom stereocenters. The summed E-state index contributed by atoms with van der Waals surface area (Å²) in [5, 5.41) is 0. The Bertz CT molecular complexity index is 171. The molecule has 3 nitrogen and oxygen atoms in total. The number of hydrogen-bond donors (Lipinski definition) is 1. The lowest BCUT2D eigenvalue weighted by molar-refractivity contribution is 0.0759. The Balaban J connectivity index is 2.31. The Hall–Kier alpha value is -0.120. The van der Waals surface area contributed by atoms with Gasteiger partial charge in [0.15, 0.2) is 0 Å². The maximum atomic E-state index is 5.67. The standard InChI is InChI=1S/C11H24N2O/c1-11(2,9-14-3)8-13-5-4-10(6-12)7-13/h10H,4-9,12H2,1-3H3. The third kappa shape index (κ3) is 3.56. The summed E-state index contributed by atoms with van der Waals surface area (Å²) in [5.41, 5.74) is 5.93. The highest BCUT2D eigenvalue weighted by Crippen LogP contribution is 2.22. The van der Waals surface area contributed by atoms with Crippen molar-refractivity contribution in [2.75, 3.05) is 39.9 Å². The highest BCUT2D eigenvalue weighted by atomic mass is 16.5. The van der Waals surface area contributed by atoms with Crippen LogP contribution in [-0.2, 0) is 4.74 Å². The van der Waals surface area contributed by atoms with E-state index in [1.54, 1.807) is 7.11 Å². The minimum atomic E-state index is 0.262. The molecule has 1 aliphatic heterocycles. The van der Waals surface area contributed by atoms with E-state index in [1.807, 2.05) is 0 Å². The SMILES string of the molecule is COCC(C)(C)CN1CCC(CN)C1. The largest absolute Gasteiger partial charge is 0.384 e. The van der Waals surface area contributed by atoms with E-state index in [1.165, 1.54) is 19.5 Å². The minimum Gasteiger partial charge on any atom is -0.384 e. The van der Waals surface area contributed by atoms with Crippen molar-refractivity contribution in [2.45, 2.75) is 20.3 Å². The molecule has 0 aromatic rings. The summed E-state index contributed by atoms with van der Waals surface area (Å²) >= 11 is 0. The molecule has 84 valence electrons. The van der Waals surface area contributed by atoms with Gasteiger partial charge in [0, 0.05) is 25.6 Å². The summed E-state index contributed by atoms with van der Waals surface area (Å²) in [6.07, 6.45) is 1.26. The fourth-order valence-electron chi connectivity index (χ4n) is 2.29. The van der Waals surface area contributed by atoms with Crippen molar-refractivity contribution in [2.24, 2.45) is 17.1 Å². The van der Waals surface area contributed by atoms with Gasteiger partial charge in [0.25, 0.3) is 0 Å². The van der Waals surface area contributed by atoms with E-state index in [0.29, 0.717) is 5.92 Å². The first kappa shape index (κ1) is 12.0. The van der Waals surface area contributed by atoms with Gasteiger partial charge in [-0.25, -0.2) is 0 Å². The third-order valence-electron chi connectivity index (χ3n) is 2.89. The Labute approximate surface area is 87.6 Å². The molecule has 0 aromatic heterocycles. The summed E-state index contributed by atoms with van der Waals surface area (Å²) in [6, 6.07) is 0. The maximum Gasteiger partial charge on any atom is 0.0525 e. The second kappa shape index (κ2) is 5.10. The van der Waals surface area contributed by atoms with Crippen molar-refractivity contribution in [1.29, 1.82) is 0 Å². The van der Waals surface area contributed by atoms with Gasteiger partial charge in [-0.05, 0) is 25.4 Å². The van der Waals surface area contributed by atoms with E-state index >= 15 is 0 Å². The van der Waals surface area contributed by atoms with Crippen LogP contribution in [0.3, 0.4) is 0 Å². The van der Waals surface area contributed by atoms with Gasteiger partial charge in [-0.3, -0.25) is 0 Å². The van der Waals surface area contributed by atoms with Gasteiger partial charge in [-0.15, -0.1) is 0 Å². The smallest absolute Gasteiger partial charge is 0.0525 e. The molecule has 1 rings (SSSR count). The van der Waals surface area contributed by atoms with E-state index in [4.69, 9.17) is 10.5 Å². The summed E-state index contributed by atoms with van der Waals surface area (Å²) < 4.78 is 5.22. The van der Waals surface area contributed by atoms with Crippen LogP contribution in [-0.4, -0.2) is 44.8 Å². The first-order chi connectivity index (χ1) is 6.57. The molecule has 1 heterocycles. The fourth-order valence-corrected chi connectivity index (χ4v) is 2.29. The van der Waals surface area contributed by atoms with Crippen LogP contribution in [0.15, 0.2) is 0 Å². The number of nitrogens with zero attached hydrogens (tertiary/aromatic N) is 1. The quantitative estimate of drug-likeness (QED) is 0.718. The molecule has 1 unspecified atom stereocenters. The second-order valence-corrected chi connectivity index (χ2v) is 5.22. The van der Waals surface area contributed by atoms with Gasteiger partial charge in [0.2, 0.25) is 0 Å². The lowest BCUT2D eigenvalue weighted by Crippen LogP contribution is -2.36. The van der Waals surface area contributed by atoms with Crippen molar-refractivity contribution in [3.8, 4) is 0 Å². The molecule has 1 fully saturated rings. The van der Waals surface area contributed by atoms with Crippen LogP contribution < -0.4 is 5.73 Å². The molecular formula is C11H24N2O. The van der Waals surface area contributed by atoms with E-state index in [-0.39, 0.29) is 5.41 Å². The average molecular weight is 200 g/mol. The van der Waals surface area contributed by atoms with Crippen LogP contribution in [0, 0.1) is 11.3 Å². The molecule has 1 saturated heterocycles. The molecule has 0 saturated carbocycles. The highest BCUT2D eigenvalue weighted by Gasteiger charge is 2.27. The molecule has 1 aliphatic rings. The number of methoxy groups -OCH3 is 1. The zero-order chi connectivity index (χ0) is 10.6. The Morgan fingerprint density at radius 3 is 2.71 bits per heavy atom. The second-order valence-electron chi connectivity index (χ2n) is 5.22. The van der Waals surface area contributed by atoms with E-state index in [0.717, 1.165) is 19.7 Å². The number of nitrogens with two attached hydrogens (primary N) is 1. The van der Waals surface area contributed by atoms with Crippen molar-refractivity contribution in [3.63, 3.8) is 0 Å². The number of hydrogen-bond acceptors (Lipinski definition) is 3. The molecule has 0 aromatic carbocycles. The molecule has 14 heavy (non-hydrogen) atoms. The fraction of sp³-hybridized carbons (Fsp3) is 1.00. The lowest BCUT2D eigenvalue weighted by Gasteiger charge is -2.29. The summed E-state index contributed by atoms with van der Waals surface area (Å²) in [5.74, 6) is 0.716. The van der Waals surface area contributed by atoms with Gasteiger partial charge >= 0.3 is 0 Å². The molecule has 0 spiro atoms. The first-order valence-electron chi connectivity index (χ1n) is 5.49. The number of rotatable bonds is 5. The topological polar surface area (TPSA) is 38.5 Å². The number of likely N-dealkylation sites (tertiary alicyclic amines) is 1. The highest BCUT2D eigenvalue weighted by molar-refractivity contribution is 4.81. The van der Waals surface area contributed by atoms with Gasteiger partial charge in [0.05, 0.1) is 6.61 Å². The predicted molar refractivity (Wildman–Crippen MR) is 59.3 cm³/mol. The van der Waals surface area contributed by atoms with E-state index < -0.39 is 0 Å². The van der Waals surface area contributed by atoms with E-state index in [2.05, 4.69) is 18.7 Å². The third-order valence-corrected chi connectivity index (χ3v) is 2.89. The van der Waals surface area contributed by atoms with Crippen LogP contribution in [0.2, 0.25) is 0 Å². The average Bonchev–Trinajstić information content (AvgIpc) is 2.51. The van der Waals surface area contributed by atoms with Crippen molar-refractivity contribution in [3.05, 3.63) is 0 Å². The predicted octanol–water partition coefficient (Wildman–Crippen LogP) is 0.940. The molecule has 0 amide bonds. The number of ether oxygens (including phenoxy) is 1. The Morgan fingerprint density at radius 2 is 2.21 bits per heavy atom. The zero-order valence-electron chi connectivity index (χ0n) is 9.75. The molecule has 0 radical (unpaired) electrons. The Morgan fingerprint density at radius 1 is 1.50 bits per heavy atom. The van der Waals surface area contributed by atoms with Gasteiger partial charge in [0.1, 0.15) is 0 Å². The van der Waals surface area contributed by atoms with Gasteiger partial charge < -0.3 is 15.4 Å². The zero-order valence-corrected chi connectivity index (χ0v) is 9.75. The maximum absolute atomic E-state index is 5.67. The van der Waals surface area contributed by atoms with Gasteiger partial charge in [-0.1, -0.05) is 13.8 Å². The Kier molecular flexibility index (Phi) is 4.35. The molecule has 3 heteroatoms. The van der Waals surface area contributed by atoms with Crippen LogP contribution in [0.25, 0.3) is 0 Å². The van der Waals surface area contributed by atoms with Crippen LogP contribution in [0.1, 0.15) is 20.3 Å². The van der Waals surface area contributed by atoms with Crippen molar-refractivity contribution >= 4 is 0 Å². The molecule has 0 aliphatic carbocycles. The lowest BCUT2D eigenvalue weighted by atomic mass is 9.94. The monoisotopic (exact) mass is 200 g/mol. The van der Waals surface area contributed by atoms with E-state index in [9.17, 15) is 0 Å². The van der Waals surface area contributed by atoms with Gasteiger partial charge in [-0.2, -0.15) is 0 Å². The summed E-state index contributed by atoms with van der Waals surface area (Å²) in [7, 11) is 1.77. The van der Waals surface area contributed by atoms with Crippen molar-refractivity contribution in [1.82, 2.24) is 4.90 Å². The molecular weight excluding hydrogens is 176 g/mol. The summed E-state index contributed by atoms with van der Waals surface area (Å²) in [4.78, 5) is 2.51. The van der Waals surface area contributed by atoms with Crippen LogP contribution in [0.4, 0.5) is 0 Å². The normalized spacial score (nSPS) is 24.4. The molecule has 0 bridgehead atoms. The van der Waals surface area contributed by atoms with Crippen LogP contribution in [0.5, 0.6) is 0 Å².